The van der Waals surface area contributed by atoms with Gasteiger partial charge in [-0.05, 0) is 39.4 Å². The number of pyridine rings is 1. The van der Waals surface area contributed by atoms with E-state index in [9.17, 15) is 0 Å². The van der Waals surface area contributed by atoms with E-state index in [1.54, 1.807) is 0 Å². The van der Waals surface area contributed by atoms with Gasteiger partial charge in [-0.1, -0.05) is 6.07 Å². The molecular weight excluding hydrogens is 481 g/mol. The van der Waals surface area contributed by atoms with Gasteiger partial charge in [0.1, 0.15) is 11.6 Å². The first kappa shape index (κ1) is 23.4. The minimum atomic E-state index is 0. The van der Waals surface area contributed by atoms with Crippen LogP contribution >= 0.6 is 24.0 Å². The lowest BCUT2D eigenvalue weighted by atomic mass is 10.2. The monoisotopic (exact) mass is 513 g/mol. The van der Waals surface area contributed by atoms with Gasteiger partial charge in [0.25, 0.3) is 0 Å². The highest BCUT2D eigenvalue weighted by Gasteiger charge is 2.15. The molecule has 0 amide bonds. The van der Waals surface area contributed by atoms with Crippen LogP contribution in [0.3, 0.4) is 0 Å². The van der Waals surface area contributed by atoms with Gasteiger partial charge in [0, 0.05) is 38.9 Å². The van der Waals surface area contributed by atoms with Crippen LogP contribution in [-0.2, 0) is 13.1 Å². The van der Waals surface area contributed by atoms with Gasteiger partial charge in [-0.25, -0.2) is 15.0 Å². The summed E-state index contributed by atoms with van der Waals surface area (Å²) in [4.78, 5) is 18.3. The number of nitrogens with one attached hydrogen (secondary N) is 2. The Bertz CT molecular complexity index is 763. The molecule has 160 valence electrons. The minimum absolute atomic E-state index is 0. The number of halogens is 1. The molecule has 3 heterocycles. The number of likely N-dealkylation sites (N-methyl/N-ethyl adjacent to an activating group) is 1. The molecule has 2 aromatic rings. The maximum atomic E-state index is 5.61. The fourth-order valence-electron chi connectivity index (χ4n) is 3.02. The van der Waals surface area contributed by atoms with Gasteiger partial charge in [-0.15, -0.1) is 24.0 Å². The Balaban J connectivity index is 0.00000300. The summed E-state index contributed by atoms with van der Waals surface area (Å²) >= 11 is 0. The number of hydrogen-bond acceptors (Lipinski definition) is 6. The van der Waals surface area contributed by atoms with Gasteiger partial charge < -0.3 is 24.9 Å². The first-order chi connectivity index (χ1) is 13.5. The lowest BCUT2D eigenvalue weighted by Gasteiger charge is -2.33. The molecule has 0 aromatic carbocycles. The third kappa shape index (κ3) is 6.84. The average Bonchev–Trinajstić information content (AvgIpc) is 3.03. The number of aliphatic imine (C=N–C) groups is 1. The number of aromatic nitrogens is 2. The van der Waals surface area contributed by atoms with Crippen molar-refractivity contribution < 1.29 is 4.42 Å². The molecule has 29 heavy (non-hydrogen) atoms. The van der Waals surface area contributed by atoms with E-state index in [4.69, 9.17) is 4.42 Å². The Morgan fingerprint density at radius 2 is 1.93 bits per heavy atom. The highest BCUT2D eigenvalue weighted by molar-refractivity contribution is 14.0. The molecule has 0 aliphatic carbocycles. The van der Waals surface area contributed by atoms with Gasteiger partial charge in [-0.3, -0.25) is 0 Å². The maximum absolute atomic E-state index is 5.61. The van der Waals surface area contributed by atoms with Crippen molar-refractivity contribution in [1.82, 2.24) is 25.5 Å². The van der Waals surface area contributed by atoms with Gasteiger partial charge in [-0.2, -0.15) is 0 Å². The SMILES string of the molecule is CCNC(=NCc1ccc(N2CCN(C)CC2)nc1)NCc1nc(C)c(C)o1.I. The van der Waals surface area contributed by atoms with Crippen LogP contribution in [0.5, 0.6) is 0 Å². The summed E-state index contributed by atoms with van der Waals surface area (Å²) in [6, 6.07) is 4.20. The Labute approximate surface area is 190 Å². The van der Waals surface area contributed by atoms with E-state index < -0.39 is 0 Å². The van der Waals surface area contributed by atoms with Crippen LogP contribution in [0.15, 0.2) is 27.7 Å². The average molecular weight is 513 g/mol. The number of anilines is 1. The lowest BCUT2D eigenvalue weighted by molar-refractivity contribution is 0.312. The van der Waals surface area contributed by atoms with E-state index in [1.165, 1.54) is 0 Å². The van der Waals surface area contributed by atoms with Crippen molar-refractivity contribution in [3.8, 4) is 0 Å². The van der Waals surface area contributed by atoms with E-state index in [-0.39, 0.29) is 24.0 Å². The molecule has 1 fully saturated rings. The van der Waals surface area contributed by atoms with Crippen molar-refractivity contribution in [3.05, 3.63) is 41.2 Å². The highest BCUT2D eigenvalue weighted by Crippen LogP contribution is 2.14. The Kier molecular flexibility index (Phi) is 9.15. The zero-order chi connectivity index (χ0) is 19.9. The molecule has 8 nitrogen and oxygen atoms in total. The molecule has 0 bridgehead atoms. The topological polar surface area (TPSA) is 81.8 Å². The molecule has 0 spiro atoms. The van der Waals surface area contributed by atoms with E-state index in [1.807, 2.05) is 27.0 Å². The predicted octanol–water partition coefficient (Wildman–Crippen LogP) is 2.31. The third-order valence-corrected chi connectivity index (χ3v) is 4.88. The Morgan fingerprint density at radius 1 is 1.17 bits per heavy atom. The largest absolute Gasteiger partial charge is 0.444 e. The van der Waals surface area contributed by atoms with Crippen LogP contribution in [0.25, 0.3) is 0 Å². The number of oxazole rings is 1. The van der Waals surface area contributed by atoms with Crippen LogP contribution in [0.1, 0.15) is 29.8 Å². The molecule has 0 atom stereocenters. The summed E-state index contributed by atoms with van der Waals surface area (Å²) < 4.78 is 5.61. The van der Waals surface area contributed by atoms with E-state index in [0.717, 1.165) is 61.5 Å². The second-order valence-electron chi connectivity index (χ2n) is 7.11. The van der Waals surface area contributed by atoms with Gasteiger partial charge in [0.05, 0.1) is 18.8 Å². The molecular formula is C20H32IN7O. The fraction of sp³-hybridized carbons (Fsp3) is 0.550. The normalized spacial score (nSPS) is 15.2. The summed E-state index contributed by atoms with van der Waals surface area (Å²) in [5.41, 5.74) is 2.00. The first-order valence-corrected chi connectivity index (χ1v) is 9.88. The second kappa shape index (κ2) is 11.3. The Morgan fingerprint density at radius 3 is 2.52 bits per heavy atom. The zero-order valence-corrected chi connectivity index (χ0v) is 20.1. The molecule has 0 saturated carbocycles. The summed E-state index contributed by atoms with van der Waals surface area (Å²) in [5.74, 6) is 3.30. The summed E-state index contributed by atoms with van der Waals surface area (Å²) in [6.45, 7) is 12.0. The van der Waals surface area contributed by atoms with Crippen LogP contribution in [-0.4, -0.2) is 60.6 Å². The van der Waals surface area contributed by atoms with E-state index in [2.05, 4.69) is 54.6 Å². The predicted molar refractivity (Wildman–Crippen MR) is 127 cm³/mol. The first-order valence-electron chi connectivity index (χ1n) is 9.88. The van der Waals surface area contributed by atoms with Gasteiger partial charge >= 0.3 is 0 Å². The molecule has 3 rings (SSSR count). The molecule has 2 aromatic heterocycles. The van der Waals surface area contributed by atoms with Crippen molar-refractivity contribution in [2.75, 3.05) is 44.7 Å². The van der Waals surface area contributed by atoms with Crippen molar-refractivity contribution in [1.29, 1.82) is 0 Å². The second-order valence-corrected chi connectivity index (χ2v) is 7.11. The van der Waals surface area contributed by atoms with Gasteiger partial charge in [0.2, 0.25) is 5.89 Å². The van der Waals surface area contributed by atoms with Crippen molar-refractivity contribution in [2.24, 2.45) is 4.99 Å². The minimum Gasteiger partial charge on any atom is -0.444 e. The molecule has 1 aliphatic rings. The number of rotatable bonds is 6. The van der Waals surface area contributed by atoms with Gasteiger partial charge in [0.15, 0.2) is 5.96 Å². The highest BCUT2D eigenvalue weighted by atomic mass is 127. The lowest BCUT2D eigenvalue weighted by Crippen LogP contribution is -2.44. The Hall–Kier alpha value is -1.88. The third-order valence-electron chi connectivity index (χ3n) is 4.88. The molecule has 2 N–H and O–H groups in total. The molecule has 9 heteroatoms. The van der Waals surface area contributed by atoms with Crippen LogP contribution in [0.4, 0.5) is 5.82 Å². The molecule has 1 saturated heterocycles. The standard InChI is InChI=1S/C20H31N7O.HI/c1-5-21-20(24-14-19-25-15(2)16(3)28-19)23-13-17-6-7-18(22-12-17)27-10-8-26(4)9-11-27;/h6-7,12H,5,8-11,13-14H2,1-4H3,(H2,21,23,24);1H. The number of aryl methyl sites for hydroxylation is 2. The van der Waals surface area contributed by atoms with Crippen LogP contribution in [0.2, 0.25) is 0 Å². The van der Waals surface area contributed by atoms with Crippen molar-refractivity contribution in [3.63, 3.8) is 0 Å². The number of hydrogen-bond donors (Lipinski definition) is 2. The fourth-order valence-corrected chi connectivity index (χ4v) is 3.02. The number of nitrogens with zero attached hydrogens (tertiary/aromatic N) is 5. The summed E-state index contributed by atoms with van der Waals surface area (Å²) in [7, 11) is 2.16. The molecule has 0 unspecified atom stereocenters. The van der Waals surface area contributed by atoms with Crippen LogP contribution < -0.4 is 15.5 Å². The number of piperazine rings is 1. The maximum Gasteiger partial charge on any atom is 0.214 e. The number of guanidine groups is 1. The van der Waals surface area contributed by atoms with E-state index >= 15 is 0 Å². The molecule has 1 aliphatic heterocycles. The van der Waals surface area contributed by atoms with E-state index in [0.29, 0.717) is 19.0 Å². The van der Waals surface area contributed by atoms with Crippen molar-refractivity contribution >= 4 is 35.8 Å². The molecule has 0 radical (unpaired) electrons. The van der Waals surface area contributed by atoms with Crippen LogP contribution in [0, 0.1) is 13.8 Å². The quantitative estimate of drug-likeness (QED) is 0.349. The summed E-state index contributed by atoms with van der Waals surface area (Å²) in [5, 5.41) is 6.51. The van der Waals surface area contributed by atoms with Crippen molar-refractivity contribution in [2.45, 2.75) is 33.9 Å². The smallest absolute Gasteiger partial charge is 0.214 e. The summed E-state index contributed by atoms with van der Waals surface area (Å²) in [6.07, 6.45) is 1.92. The zero-order valence-electron chi connectivity index (χ0n) is 17.7.